The van der Waals surface area contributed by atoms with E-state index in [1.807, 2.05) is 41.2 Å². The number of hydrogen-bond donors (Lipinski definition) is 2. The van der Waals surface area contributed by atoms with E-state index in [0.717, 1.165) is 16.4 Å². The zero-order chi connectivity index (χ0) is 13.0. The second-order valence-electron chi connectivity index (χ2n) is 3.73. The molecule has 0 aliphatic rings. The Labute approximate surface area is 116 Å². The van der Waals surface area contributed by atoms with Gasteiger partial charge in [0.1, 0.15) is 0 Å². The van der Waals surface area contributed by atoms with Crippen LogP contribution >= 0.6 is 23.8 Å². The molecule has 0 bridgehead atoms. The van der Waals surface area contributed by atoms with Crippen molar-refractivity contribution in [2.75, 3.05) is 12.4 Å². The molecule has 94 valence electrons. The van der Waals surface area contributed by atoms with E-state index in [4.69, 9.17) is 23.8 Å². The van der Waals surface area contributed by atoms with Gasteiger partial charge in [-0.15, -0.1) is 0 Å². The fourth-order valence-electron chi connectivity index (χ4n) is 1.52. The van der Waals surface area contributed by atoms with Crippen LogP contribution < -0.4 is 10.6 Å². The highest BCUT2D eigenvalue weighted by molar-refractivity contribution is 7.80. The molecule has 1 aromatic heterocycles. The molecule has 0 aliphatic carbocycles. The number of anilines is 1. The first-order valence-electron chi connectivity index (χ1n) is 5.44. The Balaban J connectivity index is 2.04. The average molecular weight is 281 g/mol. The standard InChI is InChI=1S/C12H13ClN4S/c1-14-12(18)15-11-5-6-17(16-11)8-9-3-2-4-10(13)7-9/h2-7H,8H2,1H3,(H2,14,15,16,18). The molecule has 4 nitrogen and oxygen atoms in total. The Morgan fingerprint density at radius 2 is 2.28 bits per heavy atom. The van der Waals surface area contributed by atoms with Crippen molar-refractivity contribution in [2.45, 2.75) is 6.54 Å². The van der Waals surface area contributed by atoms with Gasteiger partial charge < -0.3 is 10.6 Å². The summed E-state index contributed by atoms with van der Waals surface area (Å²) >= 11 is 10.9. The summed E-state index contributed by atoms with van der Waals surface area (Å²) in [7, 11) is 1.76. The van der Waals surface area contributed by atoms with E-state index in [1.165, 1.54) is 0 Å². The van der Waals surface area contributed by atoms with Gasteiger partial charge in [0.05, 0.1) is 6.54 Å². The first-order chi connectivity index (χ1) is 8.67. The Morgan fingerprint density at radius 3 is 3.00 bits per heavy atom. The van der Waals surface area contributed by atoms with Crippen molar-refractivity contribution in [3.8, 4) is 0 Å². The molecule has 0 aliphatic heterocycles. The highest BCUT2D eigenvalue weighted by Gasteiger charge is 2.01. The van der Waals surface area contributed by atoms with Crippen LogP contribution in [0.2, 0.25) is 5.02 Å². The molecule has 18 heavy (non-hydrogen) atoms. The van der Waals surface area contributed by atoms with Crippen LogP contribution in [0.5, 0.6) is 0 Å². The maximum atomic E-state index is 5.94. The second kappa shape index (κ2) is 5.84. The summed E-state index contributed by atoms with van der Waals surface area (Å²) in [6.45, 7) is 0.675. The lowest BCUT2D eigenvalue weighted by atomic mass is 10.2. The van der Waals surface area contributed by atoms with Gasteiger partial charge in [0.15, 0.2) is 10.9 Å². The van der Waals surface area contributed by atoms with Crippen LogP contribution in [-0.4, -0.2) is 21.9 Å². The fourth-order valence-corrected chi connectivity index (χ4v) is 1.84. The zero-order valence-electron chi connectivity index (χ0n) is 9.85. The third-order valence-electron chi connectivity index (χ3n) is 2.34. The summed E-state index contributed by atoms with van der Waals surface area (Å²) in [6.07, 6.45) is 1.89. The number of nitrogens with zero attached hydrogens (tertiary/aromatic N) is 2. The van der Waals surface area contributed by atoms with Gasteiger partial charge in [-0.2, -0.15) is 5.10 Å². The van der Waals surface area contributed by atoms with Gasteiger partial charge in [-0.05, 0) is 29.9 Å². The minimum absolute atomic E-state index is 0.544. The normalized spacial score (nSPS) is 10.1. The van der Waals surface area contributed by atoms with E-state index in [1.54, 1.807) is 7.05 Å². The lowest BCUT2D eigenvalue weighted by molar-refractivity contribution is 0.690. The quantitative estimate of drug-likeness (QED) is 0.848. The number of hydrogen-bond acceptors (Lipinski definition) is 2. The molecular formula is C12H13ClN4S. The SMILES string of the molecule is CNC(=S)Nc1ccn(Cc2cccc(Cl)c2)n1. The first kappa shape index (κ1) is 12.9. The zero-order valence-corrected chi connectivity index (χ0v) is 11.4. The molecule has 0 atom stereocenters. The predicted molar refractivity (Wildman–Crippen MR) is 78.1 cm³/mol. The topological polar surface area (TPSA) is 41.9 Å². The Hall–Kier alpha value is -1.59. The van der Waals surface area contributed by atoms with Crippen molar-refractivity contribution in [1.82, 2.24) is 15.1 Å². The Morgan fingerprint density at radius 1 is 1.44 bits per heavy atom. The van der Waals surface area contributed by atoms with E-state index >= 15 is 0 Å². The van der Waals surface area contributed by atoms with E-state index in [2.05, 4.69) is 15.7 Å². The minimum Gasteiger partial charge on any atom is -0.365 e. The maximum Gasteiger partial charge on any atom is 0.171 e. The molecule has 0 unspecified atom stereocenters. The van der Waals surface area contributed by atoms with Gasteiger partial charge in [0.2, 0.25) is 0 Å². The van der Waals surface area contributed by atoms with Crippen molar-refractivity contribution >= 4 is 34.7 Å². The summed E-state index contributed by atoms with van der Waals surface area (Å²) < 4.78 is 1.83. The monoisotopic (exact) mass is 280 g/mol. The van der Waals surface area contributed by atoms with Crippen LogP contribution in [0.15, 0.2) is 36.5 Å². The second-order valence-corrected chi connectivity index (χ2v) is 4.58. The van der Waals surface area contributed by atoms with E-state index < -0.39 is 0 Å². The van der Waals surface area contributed by atoms with Crippen molar-refractivity contribution in [3.63, 3.8) is 0 Å². The molecule has 0 fully saturated rings. The highest BCUT2D eigenvalue weighted by atomic mass is 35.5. The summed E-state index contributed by atoms with van der Waals surface area (Å²) in [5.41, 5.74) is 1.10. The van der Waals surface area contributed by atoms with Crippen molar-refractivity contribution in [2.24, 2.45) is 0 Å². The van der Waals surface area contributed by atoms with E-state index in [0.29, 0.717) is 11.7 Å². The number of halogens is 1. The molecule has 0 saturated heterocycles. The van der Waals surface area contributed by atoms with Gasteiger partial charge in [-0.3, -0.25) is 4.68 Å². The largest absolute Gasteiger partial charge is 0.365 e. The molecule has 2 N–H and O–H groups in total. The van der Waals surface area contributed by atoms with Crippen LogP contribution in [0.1, 0.15) is 5.56 Å². The molecule has 1 heterocycles. The molecule has 2 rings (SSSR count). The van der Waals surface area contributed by atoms with Crippen LogP contribution in [0, 0.1) is 0 Å². The van der Waals surface area contributed by atoms with Gasteiger partial charge in [-0.1, -0.05) is 23.7 Å². The van der Waals surface area contributed by atoms with Crippen molar-refractivity contribution in [1.29, 1.82) is 0 Å². The number of thiocarbonyl (C=S) groups is 1. The minimum atomic E-state index is 0.544. The molecule has 1 aromatic carbocycles. The molecule has 0 amide bonds. The third-order valence-corrected chi connectivity index (χ3v) is 2.88. The van der Waals surface area contributed by atoms with Crippen LogP contribution in [0.25, 0.3) is 0 Å². The number of aromatic nitrogens is 2. The number of nitrogens with one attached hydrogen (secondary N) is 2. The number of rotatable bonds is 3. The fraction of sp³-hybridized carbons (Fsp3) is 0.167. The van der Waals surface area contributed by atoms with Crippen molar-refractivity contribution in [3.05, 3.63) is 47.1 Å². The Bertz CT molecular complexity index is 553. The average Bonchev–Trinajstić information content (AvgIpc) is 2.76. The summed E-state index contributed by atoms with van der Waals surface area (Å²) in [5.74, 6) is 0.719. The van der Waals surface area contributed by atoms with E-state index in [9.17, 15) is 0 Å². The van der Waals surface area contributed by atoms with Crippen LogP contribution in [0.4, 0.5) is 5.82 Å². The van der Waals surface area contributed by atoms with Gasteiger partial charge in [-0.25, -0.2) is 0 Å². The smallest absolute Gasteiger partial charge is 0.171 e. The molecule has 0 saturated carbocycles. The first-order valence-corrected chi connectivity index (χ1v) is 6.22. The summed E-state index contributed by atoms with van der Waals surface area (Å²) in [6, 6.07) is 9.59. The van der Waals surface area contributed by atoms with Gasteiger partial charge >= 0.3 is 0 Å². The molecule has 2 aromatic rings. The lowest BCUT2D eigenvalue weighted by Gasteiger charge is -2.04. The number of benzene rings is 1. The molecule has 0 spiro atoms. The highest BCUT2D eigenvalue weighted by Crippen LogP contribution is 2.12. The van der Waals surface area contributed by atoms with E-state index in [-0.39, 0.29) is 0 Å². The predicted octanol–water partition coefficient (Wildman–Crippen LogP) is 2.50. The summed E-state index contributed by atoms with van der Waals surface area (Å²) in [5, 5.41) is 11.4. The van der Waals surface area contributed by atoms with Crippen LogP contribution in [-0.2, 0) is 6.54 Å². The Kier molecular flexibility index (Phi) is 4.17. The molecule has 0 radical (unpaired) electrons. The summed E-state index contributed by atoms with van der Waals surface area (Å²) in [4.78, 5) is 0. The van der Waals surface area contributed by atoms with Crippen LogP contribution in [0.3, 0.4) is 0 Å². The maximum absolute atomic E-state index is 5.94. The molecular weight excluding hydrogens is 268 g/mol. The lowest BCUT2D eigenvalue weighted by Crippen LogP contribution is -2.24. The third kappa shape index (κ3) is 3.45. The van der Waals surface area contributed by atoms with Crippen molar-refractivity contribution < 1.29 is 0 Å². The van der Waals surface area contributed by atoms with Gasteiger partial charge in [0, 0.05) is 24.3 Å². The van der Waals surface area contributed by atoms with Gasteiger partial charge in [0.25, 0.3) is 0 Å². The molecule has 6 heteroatoms.